The predicted octanol–water partition coefficient (Wildman–Crippen LogP) is 2.89. The van der Waals surface area contributed by atoms with Crippen LogP contribution < -0.4 is 10.2 Å². The summed E-state index contributed by atoms with van der Waals surface area (Å²) >= 11 is 1.28. The Hall–Kier alpha value is -2.02. The number of nitrogens with zero attached hydrogens (tertiary/aromatic N) is 2. The van der Waals surface area contributed by atoms with Gasteiger partial charge in [0.1, 0.15) is 5.82 Å². The molecule has 25 heavy (non-hydrogen) atoms. The molecule has 1 unspecified atom stereocenters. The Bertz CT molecular complexity index is 965. The van der Waals surface area contributed by atoms with Crippen molar-refractivity contribution in [1.29, 1.82) is 0 Å². The third kappa shape index (κ3) is 3.25. The summed E-state index contributed by atoms with van der Waals surface area (Å²) in [6.45, 7) is 3.43. The van der Waals surface area contributed by atoms with Crippen molar-refractivity contribution in [3.63, 3.8) is 0 Å². The Labute approximate surface area is 149 Å². The fraction of sp³-hybridized carbons (Fsp3) is 0.316. The molecule has 1 atom stereocenters. The van der Waals surface area contributed by atoms with Gasteiger partial charge in [0.25, 0.3) is 0 Å². The van der Waals surface area contributed by atoms with E-state index in [4.69, 9.17) is 0 Å². The van der Waals surface area contributed by atoms with Gasteiger partial charge < -0.3 is 9.88 Å². The summed E-state index contributed by atoms with van der Waals surface area (Å²) < 4.78 is 16.3. The van der Waals surface area contributed by atoms with E-state index in [2.05, 4.69) is 22.3 Å². The van der Waals surface area contributed by atoms with E-state index in [-0.39, 0.29) is 16.7 Å². The fourth-order valence-electron chi connectivity index (χ4n) is 3.49. The second kappa shape index (κ2) is 6.71. The highest BCUT2D eigenvalue weighted by atomic mass is 32.1. The lowest BCUT2D eigenvalue weighted by molar-refractivity contribution is 0.153. The van der Waals surface area contributed by atoms with Crippen LogP contribution in [0.4, 0.5) is 4.39 Å². The van der Waals surface area contributed by atoms with Crippen molar-refractivity contribution in [3.05, 3.63) is 69.1 Å². The minimum absolute atomic E-state index is 0.0620. The van der Waals surface area contributed by atoms with Gasteiger partial charge in [-0.2, -0.15) is 0 Å². The van der Waals surface area contributed by atoms with Crippen LogP contribution in [0.2, 0.25) is 0 Å². The van der Waals surface area contributed by atoms with E-state index >= 15 is 0 Å². The number of aryl methyl sites for hydroxylation is 1. The maximum atomic E-state index is 13.6. The molecule has 130 valence electrons. The zero-order valence-electron chi connectivity index (χ0n) is 14.0. The number of hydrogen-bond acceptors (Lipinski definition) is 4. The van der Waals surface area contributed by atoms with Gasteiger partial charge in [-0.05, 0) is 35.4 Å². The summed E-state index contributed by atoms with van der Waals surface area (Å²) in [5.74, 6) is -0.196. The highest BCUT2D eigenvalue weighted by molar-refractivity contribution is 7.16. The molecule has 6 heteroatoms. The lowest BCUT2D eigenvalue weighted by Gasteiger charge is -2.36. The van der Waals surface area contributed by atoms with Gasteiger partial charge in [-0.25, -0.2) is 4.39 Å². The molecule has 0 amide bonds. The first-order chi connectivity index (χ1) is 12.1. The van der Waals surface area contributed by atoms with Crippen molar-refractivity contribution in [1.82, 2.24) is 14.8 Å². The zero-order valence-corrected chi connectivity index (χ0v) is 14.9. The van der Waals surface area contributed by atoms with Crippen LogP contribution in [0, 0.1) is 5.82 Å². The standard InChI is InChI=1S/C19H20FN3OS/c1-22-16-6-5-13(9-18(16)25-19(22)24)12-23-8-7-21-11-17(23)14-3-2-4-15(20)10-14/h2-6,9-10,17,21H,7-8,11-12H2,1H3. The van der Waals surface area contributed by atoms with Crippen LogP contribution in [0.15, 0.2) is 47.3 Å². The molecule has 1 saturated heterocycles. The van der Waals surface area contributed by atoms with Crippen LogP contribution in [-0.4, -0.2) is 29.1 Å². The van der Waals surface area contributed by atoms with Gasteiger partial charge >= 0.3 is 4.87 Å². The number of hydrogen-bond donors (Lipinski definition) is 1. The van der Waals surface area contributed by atoms with Gasteiger partial charge in [0, 0.05) is 39.3 Å². The highest BCUT2D eigenvalue weighted by Gasteiger charge is 2.24. The molecule has 1 fully saturated rings. The van der Waals surface area contributed by atoms with Crippen LogP contribution in [0.3, 0.4) is 0 Å². The molecule has 0 radical (unpaired) electrons. The molecule has 0 aliphatic carbocycles. The van der Waals surface area contributed by atoms with E-state index in [9.17, 15) is 9.18 Å². The molecule has 0 bridgehead atoms. The summed E-state index contributed by atoms with van der Waals surface area (Å²) in [7, 11) is 1.80. The summed E-state index contributed by atoms with van der Waals surface area (Å²) in [6, 6.07) is 13.2. The smallest absolute Gasteiger partial charge is 0.307 e. The normalized spacial score (nSPS) is 18.7. The number of nitrogens with one attached hydrogen (secondary N) is 1. The fourth-order valence-corrected chi connectivity index (χ4v) is 4.43. The second-order valence-electron chi connectivity index (χ2n) is 6.47. The van der Waals surface area contributed by atoms with Crippen molar-refractivity contribution in [3.8, 4) is 0 Å². The first-order valence-electron chi connectivity index (χ1n) is 8.40. The molecule has 0 spiro atoms. The topological polar surface area (TPSA) is 37.3 Å². The van der Waals surface area contributed by atoms with Crippen molar-refractivity contribution in [2.45, 2.75) is 12.6 Å². The number of benzene rings is 2. The van der Waals surface area contributed by atoms with E-state index < -0.39 is 0 Å². The van der Waals surface area contributed by atoms with E-state index in [0.717, 1.165) is 42.0 Å². The summed E-state index contributed by atoms with van der Waals surface area (Å²) in [4.78, 5) is 14.3. The van der Waals surface area contributed by atoms with Crippen LogP contribution >= 0.6 is 11.3 Å². The van der Waals surface area contributed by atoms with E-state index in [0.29, 0.717) is 0 Å². The molecule has 1 aromatic heterocycles. The summed E-state index contributed by atoms with van der Waals surface area (Å²) in [6.07, 6.45) is 0. The monoisotopic (exact) mass is 357 g/mol. The minimum atomic E-state index is -0.196. The number of rotatable bonds is 3. The van der Waals surface area contributed by atoms with Crippen LogP contribution in [0.1, 0.15) is 17.2 Å². The quantitative estimate of drug-likeness (QED) is 0.783. The van der Waals surface area contributed by atoms with E-state index in [1.807, 2.05) is 12.1 Å². The average Bonchev–Trinajstić information content (AvgIpc) is 2.89. The van der Waals surface area contributed by atoms with Crippen LogP contribution in [-0.2, 0) is 13.6 Å². The molecule has 1 N–H and O–H groups in total. The van der Waals surface area contributed by atoms with Gasteiger partial charge in [0.15, 0.2) is 0 Å². The van der Waals surface area contributed by atoms with Crippen molar-refractivity contribution < 1.29 is 4.39 Å². The Kier molecular flexibility index (Phi) is 4.41. The Morgan fingerprint density at radius 3 is 3.00 bits per heavy atom. The maximum absolute atomic E-state index is 13.6. The van der Waals surface area contributed by atoms with Crippen molar-refractivity contribution >= 4 is 21.6 Å². The molecule has 0 saturated carbocycles. The SMILES string of the molecule is Cn1c(=O)sc2cc(CN3CCNCC3c3cccc(F)c3)ccc21. The van der Waals surface area contributed by atoms with Gasteiger partial charge in [0.2, 0.25) is 0 Å². The molecule has 2 aromatic carbocycles. The highest BCUT2D eigenvalue weighted by Crippen LogP contribution is 2.26. The van der Waals surface area contributed by atoms with Gasteiger partial charge in [0.05, 0.1) is 10.2 Å². The van der Waals surface area contributed by atoms with Gasteiger partial charge in [-0.1, -0.05) is 29.5 Å². The molecule has 3 aromatic rings. The first kappa shape index (κ1) is 16.4. The van der Waals surface area contributed by atoms with Crippen LogP contribution in [0.25, 0.3) is 10.2 Å². The number of piperazine rings is 1. The van der Waals surface area contributed by atoms with Crippen LogP contribution in [0.5, 0.6) is 0 Å². The Morgan fingerprint density at radius 2 is 2.16 bits per heavy atom. The third-order valence-electron chi connectivity index (χ3n) is 4.83. The Morgan fingerprint density at radius 1 is 1.28 bits per heavy atom. The predicted molar refractivity (Wildman–Crippen MR) is 99.5 cm³/mol. The summed E-state index contributed by atoms with van der Waals surface area (Å²) in [5, 5.41) is 3.40. The zero-order chi connectivity index (χ0) is 17.4. The number of thiazole rings is 1. The number of halogens is 1. The molecular formula is C19H20FN3OS. The molecule has 1 aliphatic rings. The lowest BCUT2D eigenvalue weighted by Crippen LogP contribution is -2.45. The second-order valence-corrected chi connectivity index (χ2v) is 7.47. The molecule has 4 rings (SSSR count). The largest absolute Gasteiger partial charge is 0.314 e. The molecule has 2 heterocycles. The number of aromatic nitrogens is 1. The molecular weight excluding hydrogens is 337 g/mol. The minimum Gasteiger partial charge on any atom is -0.314 e. The number of fused-ring (bicyclic) bond motifs is 1. The maximum Gasteiger partial charge on any atom is 0.307 e. The lowest BCUT2D eigenvalue weighted by atomic mass is 10.0. The summed E-state index contributed by atoms with van der Waals surface area (Å²) in [5.41, 5.74) is 3.15. The van der Waals surface area contributed by atoms with Gasteiger partial charge in [-0.3, -0.25) is 9.69 Å². The Balaban J connectivity index is 1.62. The third-order valence-corrected chi connectivity index (χ3v) is 5.83. The first-order valence-corrected chi connectivity index (χ1v) is 9.22. The van der Waals surface area contributed by atoms with Gasteiger partial charge in [-0.15, -0.1) is 0 Å². The van der Waals surface area contributed by atoms with E-state index in [1.54, 1.807) is 23.7 Å². The van der Waals surface area contributed by atoms with E-state index in [1.165, 1.54) is 23.0 Å². The average molecular weight is 357 g/mol. The molecule has 1 aliphatic heterocycles. The molecule has 4 nitrogen and oxygen atoms in total. The van der Waals surface area contributed by atoms with Crippen molar-refractivity contribution in [2.75, 3.05) is 19.6 Å². The van der Waals surface area contributed by atoms with Crippen molar-refractivity contribution in [2.24, 2.45) is 7.05 Å².